The van der Waals surface area contributed by atoms with E-state index in [4.69, 9.17) is 0 Å². The van der Waals surface area contributed by atoms with Gasteiger partial charge in [-0.25, -0.2) is 4.79 Å². The second kappa shape index (κ2) is 2.18. The molecule has 1 aliphatic heterocycles. The van der Waals surface area contributed by atoms with Gasteiger partial charge in [0.05, 0.1) is 0 Å². The number of hydrogen-bond acceptors (Lipinski definition) is 2. The van der Waals surface area contributed by atoms with Gasteiger partial charge in [0.25, 0.3) is 5.91 Å². The predicted octanol–water partition coefficient (Wildman–Crippen LogP) is 0.0769. The molecule has 0 spiro atoms. The number of halogens is 1. The van der Waals surface area contributed by atoms with Crippen molar-refractivity contribution < 1.29 is 9.59 Å². The summed E-state index contributed by atoms with van der Waals surface area (Å²) >= 11 is 2.88. The van der Waals surface area contributed by atoms with Crippen LogP contribution in [0, 0.1) is 0 Å². The van der Waals surface area contributed by atoms with Crippen molar-refractivity contribution in [3.8, 4) is 0 Å². The summed E-state index contributed by atoms with van der Waals surface area (Å²) in [5, 5.41) is 5.29. The lowest BCUT2D eigenvalue weighted by molar-refractivity contribution is -0.116. The third kappa shape index (κ3) is 1.29. The van der Waals surface area contributed by atoms with E-state index in [0.717, 1.165) is 0 Å². The normalized spacial score (nSPS) is 18.1. The molecule has 0 atom stereocenters. The Hall–Kier alpha value is -0.840. The minimum atomic E-state index is -0.622. The van der Waals surface area contributed by atoms with Crippen LogP contribution in [0.1, 0.15) is 0 Å². The molecule has 0 bridgehead atoms. The number of urea groups is 1. The standard InChI is InChI=1S/C4H2BrN2O2/c5-2-1-6-4(9)7-3(2)8/h1H,(H,6,9). The first kappa shape index (κ1) is 6.28. The summed E-state index contributed by atoms with van der Waals surface area (Å²) in [6, 6.07) is -0.622. The van der Waals surface area contributed by atoms with Crippen molar-refractivity contribution in [3.05, 3.63) is 10.7 Å². The molecule has 0 aromatic heterocycles. The molecule has 0 aliphatic carbocycles. The molecule has 0 aromatic carbocycles. The molecule has 4 nitrogen and oxygen atoms in total. The van der Waals surface area contributed by atoms with Crippen molar-refractivity contribution in [2.45, 2.75) is 0 Å². The zero-order valence-corrected chi connectivity index (χ0v) is 5.81. The van der Waals surface area contributed by atoms with Crippen LogP contribution in [0.2, 0.25) is 0 Å². The second-order valence-electron chi connectivity index (χ2n) is 1.36. The van der Waals surface area contributed by atoms with E-state index in [2.05, 4.69) is 26.6 Å². The van der Waals surface area contributed by atoms with Gasteiger partial charge in [-0.1, -0.05) is 0 Å². The molecule has 0 aromatic rings. The van der Waals surface area contributed by atoms with E-state index >= 15 is 0 Å². The van der Waals surface area contributed by atoms with Crippen molar-refractivity contribution >= 4 is 27.9 Å². The van der Waals surface area contributed by atoms with Crippen molar-refractivity contribution in [1.29, 1.82) is 0 Å². The first-order valence-corrected chi connectivity index (χ1v) is 2.91. The van der Waals surface area contributed by atoms with Crippen LogP contribution in [0.15, 0.2) is 10.7 Å². The third-order valence-electron chi connectivity index (χ3n) is 0.730. The monoisotopic (exact) mass is 189 g/mol. The van der Waals surface area contributed by atoms with Crippen molar-refractivity contribution in [2.75, 3.05) is 0 Å². The van der Waals surface area contributed by atoms with Gasteiger partial charge in [-0.2, -0.15) is 5.32 Å². The van der Waals surface area contributed by atoms with Gasteiger partial charge in [-0.15, -0.1) is 0 Å². The highest BCUT2D eigenvalue weighted by Gasteiger charge is 2.17. The van der Waals surface area contributed by atoms with E-state index in [9.17, 15) is 9.59 Å². The second-order valence-corrected chi connectivity index (χ2v) is 2.21. The molecule has 3 amide bonds. The van der Waals surface area contributed by atoms with Gasteiger partial charge >= 0.3 is 6.03 Å². The maximum Gasteiger partial charge on any atom is 0.348 e. The fourth-order valence-electron chi connectivity index (χ4n) is 0.365. The van der Waals surface area contributed by atoms with E-state index in [1.807, 2.05) is 0 Å². The van der Waals surface area contributed by atoms with Crippen LogP contribution < -0.4 is 10.6 Å². The number of hydrogen-bond donors (Lipinski definition) is 1. The van der Waals surface area contributed by atoms with E-state index in [1.165, 1.54) is 6.20 Å². The van der Waals surface area contributed by atoms with Crippen LogP contribution in [0.3, 0.4) is 0 Å². The Morgan fingerprint density at radius 2 is 2.22 bits per heavy atom. The van der Waals surface area contributed by atoms with Crippen LogP contribution in [-0.2, 0) is 4.79 Å². The molecule has 47 valence electrons. The first-order valence-electron chi connectivity index (χ1n) is 2.12. The summed E-state index contributed by atoms with van der Waals surface area (Å²) < 4.78 is 0.266. The molecule has 1 radical (unpaired) electrons. The molecule has 1 N–H and O–H groups in total. The van der Waals surface area contributed by atoms with E-state index < -0.39 is 11.9 Å². The number of rotatable bonds is 0. The molecule has 0 saturated heterocycles. The van der Waals surface area contributed by atoms with Crippen molar-refractivity contribution in [1.82, 2.24) is 10.6 Å². The molecular weight excluding hydrogens is 188 g/mol. The molecule has 1 aliphatic rings. The molecule has 1 rings (SSSR count). The summed E-state index contributed by atoms with van der Waals surface area (Å²) in [7, 11) is 0. The van der Waals surface area contributed by atoms with E-state index in [0.29, 0.717) is 0 Å². The minimum Gasteiger partial charge on any atom is -0.311 e. The average molecular weight is 190 g/mol. The molecule has 1 heterocycles. The van der Waals surface area contributed by atoms with Crippen LogP contribution >= 0.6 is 15.9 Å². The van der Waals surface area contributed by atoms with Crippen LogP contribution in [0.25, 0.3) is 0 Å². The van der Waals surface area contributed by atoms with Gasteiger partial charge in [0, 0.05) is 6.20 Å². The average Bonchev–Trinajstić information content (AvgIpc) is 1.80. The minimum absolute atomic E-state index is 0.266. The number of carbonyl (C=O) groups is 2. The Morgan fingerprint density at radius 1 is 1.56 bits per heavy atom. The predicted molar refractivity (Wildman–Crippen MR) is 32.7 cm³/mol. The number of nitrogens with one attached hydrogen (secondary N) is 1. The van der Waals surface area contributed by atoms with Gasteiger partial charge in [-0.05, 0) is 15.9 Å². The van der Waals surface area contributed by atoms with Crippen molar-refractivity contribution in [2.24, 2.45) is 0 Å². The van der Waals surface area contributed by atoms with Gasteiger partial charge in [0.2, 0.25) is 0 Å². The fraction of sp³-hybridized carbons (Fsp3) is 0. The lowest BCUT2D eigenvalue weighted by atomic mass is 10.5. The number of amides is 3. The molecular formula is C4H2BrN2O2. The lowest BCUT2D eigenvalue weighted by Crippen LogP contribution is -2.35. The highest BCUT2D eigenvalue weighted by Crippen LogP contribution is 2.05. The summed E-state index contributed by atoms with van der Waals surface area (Å²) in [4.78, 5) is 20.7. The number of carbonyl (C=O) groups excluding carboxylic acids is 2. The molecule has 5 heteroatoms. The molecule has 0 fully saturated rings. The van der Waals surface area contributed by atoms with Gasteiger partial charge in [0.1, 0.15) is 4.48 Å². The van der Waals surface area contributed by atoms with Gasteiger partial charge < -0.3 is 5.32 Å². The highest BCUT2D eigenvalue weighted by molar-refractivity contribution is 9.12. The first-order chi connectivity index (χ1) is 4.20. The molecule has 9 heavy (non-hydrogen) atoms. The Morgan fingerprint density at radius 3 is 2.67 bits per heavy atom. The van der Waals surface area contributed by atoms with Crippen LogP contribution in [0.4, 0.5) is 4.79 Å². The Bertz CT molecular complexity index is 199. The third-order valence-corrected chi connectivity index (χ3v) is 1.30. The van der Waals surface area contributed by atoms with Gasteiger partial charge in [-0.3, -0.25) is 4.79 Å². The Balaban J connectivity index is 2.79. The van der Waals surface area contributed by atoms with E-state index in [-0.39, 0.29) is 4.48 Å². The lowest BCUT2D eigenvalue weighted by Gasteiger charge is -2.04. The quantitative estimate of drug-likeness (QED) is 0.587. The largest absolute Gasteiger partial charge is 0.348 e. The topological polar surface area (TPSA) is 60.3 Å². The van der Waals surface area contributed by atoms with E-state index in [1.54, 1.807) is 0 Å². The summed E-state index contributed by atoms with van der Waals surface area (Å²) in [5.41, 5.74) is 0. The summed E-state index contributed by atoms with van der Waals surface area (Å²) in [6.07, 6.45) is 1.26. The van der Waals surface area contributed by atoms with Gasteiger partial charge in [0.15, 0.2) is 0 Å². The van der Waals surface area contributed by atoms with Crippen LogP contribution in [0.5, 0.6) is 0 Å². The molecule has 0 saturated carbocycles. The summed E-state index contributed by atoms with van der Waals surface area (Å²) in [6.45, 7) is 0. The maximum atomic E-state index is 10.5. The zero-order chi connectivity index (χ0) is 6.85. The highest BCUT2D eigenvalue weighted by atomic mass is 79.9. The fourth-order valence-corrected chi connectivity index (χ4v) is 0.568. The SMILES string of the molecule is O=C1[N]C(=O)C(Br)=CN1. The Labute approximate surface area is 59.4 Å². The zero-order valence-electron chi connectivity index (χ0n) is 4.22. The number of imide groups is 1. The summed E-state index contributed by atoms with van der Waals surface area (Å²) in [5.74, 6) is -0.543. The number of nitrogens with zero attached hydrogens (tertiary/aromatic N) is 1. The smallest absolute Gasteiger partial charge is 0.311 e. The van der Waals surface area contributed by atoms with Crippen molar-refractivity contribution in [3.63, 3.8) is 0 Å². The molecule has 0 unspecified atom stereocenters. The Kier molecular flexibility index (Phi) is 1.52. The maximum absolute atomic E-state index is 10.5. The van der Waals surface area contributed by atoms with Crippen LogP contribution in [-0.4, -0.2) is 11.9 Å².